The van der Waals surface area contributed by atoms with E-state index in [1.165, 1.54) is 0 Å². The molecule has 124 valence electrons. The number of hydrogen-bond donors (Lipinski definition) is 0. The Hall–Kier alpha value is -0.810. The molecule has 0 aromatic rings. The molecule has 1 saturated carbocycles. The maximum Gasteiger partial charge on any atom is 0.453 e. The highest BCUT2D eigenvalue weighted by Crippen LogP contribution is 2.44. The SMILES string of the molecule is C=C(OCCCC)[C@H]1CC[C@@H](CC(F)(F)C(F)(F)F)CC1. The summed E-state index contributed by atoms with van der Waals surface area (Å²) in [6, 6.07) is 0. The second-order valence-corrected chi connectivity index (χ2v) is 5.79. The standard InChI is InChI=1S/C15H23F5O/c1-3-4-9-21-11(2)13-7-5-12(6-8-13)10-14(16,17)15(18,19)20/h12-13H,2-10H2,1H3/t12-,13+. The van der Waals surface area contributed by atoms with E-state index in [2.05, 4.69) is 6.58 Å². The highest BCUT2D eigenvalue weighted by atomic mass is 19.4. The van der Waals surface area contributed by atoms with Crippen LogP contribution in [0.4, 0.5) is 22.0 Å². The average molecular weight is 314 g/mol. The molecule has 0 amide bonds. The van der Waals surface area contributed by atoms with Crippen molar-refractivity contribution >= 4 is 0 Å². The molecule has 0 aromatic heterocycles. The van der Waals surface area contributed by atoms with Gasteiger partial charge in [-0.25, -0.2) is 0 Å². The van der Waals surface area contributed by atoms with E-state index in [4.69, 9.17) is 4.74 Å². The number of unbranched alkanes of at least 4 members (excludes halogenated alkanes) is 1. The Balaban J connectivity index is 2.37. The summed E-state index contributed by atoms with van der Waals surface area (Å²) in [5, 5.41) is 0. The van der Waals surface area contributed by atoms with Crippen LogP contribution in [-0.2, 0) is 4.74 Å². The van der Waals surface area contributed by atoms with Gasteiger partial charge in [0.2, 0.25) is 0 Å². The van der Waals surface area contributed by atoms with Gasteiger partial charge in [0, 0.05) is 12.3 Å². The summed E-state index contributed by atoms with van der Waals surface area (Å²) in [5.41, 5.74) is 0. The fourth-order valence-electron chi connectivity index (χ4n) is 2.63. The van der Waals surface area contributed by atoms with Gasteiger partial charge in [-0.3, -0.25) is 0 Å². The Morgan fingerprint density at radius 3 is 2.14 bits per heavy atom. The highest BCUT2D eigenvalue weighted by molar-refractivity contribution is 4.94. The van der Waals surface area contributed by atoms with Crippen molar-refractivity contribution in [1.29, 1.82) is 0 Å². The third-order valence-electron chi connectivity index (χ3n) is 4.05. The molecule has 0 aromatic carbocycles. The Morgan fingerprint density at radius 1 is 1.10 bits per heavy atom. The van der Waals surface area contributed by atoms with E-state index >= 15 is 0 Å². The summed E-state index contributed by atoms with van der Waals surface area (Å²) >= 11 is 0. The van der Waals surface area contributed by atoms with Crippen LogP contribution in [0.5, 0.6) is 0 Å². The summed E-state index contributed by atoms with van der Waals surface area (Å²) in [4.78, 5) is 0. The Labute approximate surface area is 122 Å². The maximum atomic E-state index is 13.0. The molecule has 1 nitrogen and oxygen atoms in total. The quantitative estimate of drug-likeness (QED) is 0.332. The third kappa shape index (κ3) is 5.47. The minimum Gasteiger partial charge on any atom is -0.498 e. The number of hydrogen-bond acceptors (Lipinski definition) is 1. The summed E-state index contributed by atoms with van der Waals surface area (Å²) in [6.45, 7) is 6.46. The first kappa shape index (κ1) is 18.2. The van der Waals surface area contributed by atoms with Crippen LogP contribution in [0.1, 0.15) is 51.9 Å². The smallest absolute Gasteiger partial charge is 0.453 e. The second kappa shape index (κ2) is 7.45. The lowest BCUT2D eigenvalue weighted by Gasteiger charge is -2.32. The monoisotopic (exact) mass is 314 g/mol. The molecular formula is C15H23F5O. The minimum absolute atomic E-state index is 0.0811. The minimum atomic E-state index is -5.45. The first-order valence-electron chi connectivity index (χ1n) is 7.43. The van der Waals surface area contributed by atoms with Gasteiger partial charge in [-0.2, -0.15) is 22.0 Å². The first-order chi connectivity index (χ1) is 9.67. The van der Waals surface area contributed by atoms with Crippen molar-refractivity contribution in [3.8, 4) is 0 Å². The zero-order valence-corrected chi connectivity index (χ0v) is 12.3. The molecule has 0 radical (unpaired) electrons. The normalized spacial score (nSPS) is 23.9. The molecule has 0 aliphatic heterocycles. The largest absolute Gasteiger partial charge is 0.498 e. The molecule has 0 saturated heterocycles. The molecule has 1 aliphatic carbocycles. The van der Waals surface area contributed by atoms with Gasteiger partial charge in [0.25, 0.3) is 0 Å². The summed E-state index contributed by atoms with van der Waals surface area (Å²) in [5.74, 6) is -4.44. The van der Waals surface area contributed by atoms with Gasteiger partial charge in [0.1, 0.15) is 0 Å². The zero-order chi connectivity index (χ0) is 16.1. The van der Waals surface area contributed by atoms with Gasteiger partial charge in [-0.1, -0.05) is 19.9 Å². The van der Waals surface area contributed by atoms with Crippen LogP contribution in [0.3, 0.4) is 0 Å². The molecule has 6 heteroatoms. The van der Waals surface area contributed by atoms with E-state index in [1.807, 2.05) is 6.92 Å². The van der Waals surface area contributed by atoms with Crippen molar-refractivity contribution in [2.75, 3.05) is 6.61 Å². The molecule has 1 fully saturated rings. The summed E-state index contributed by atoms with van der Waals surface area (Å²) in [7, 11) is 0. The lowest BCUT2D eigenvalue weighted by molar-refractivity contribution is -0.288. The third-order valence-corrected chi connectivity index (χ3v) is 4.05. The lowest BCUT2D eigenvalue weighted by atomic mass is 9.78. The van der Waals surface area contributed by atoms with E-state index in [0.29, 0.717) is 38.0 Å². The summed E-state index contributed by atoms with van der Waals surface area (Å²) < 4.78 is 68.1. The average Bonchev–Trinajstić information content (AvgIpc) is 2.38. The van der Waals surface area contributed by atoms with E-state index in [0.717, 1.165) is 12.8 Å². The van der Waals surface area contributed by atoms with Crippen molar-refractivity contribution in [3.63, 3.8) is 0 Å². The van der Waals surface area contributed by atoms with Gasteiger partial charge < -0.3 is 4.74 Å². The molecule has 0 unspecified atom stereocenters. The zero-order valence-electron chi connectivity index (χ0n) is 12.3. The fraction of sp³-hybridized carbons (Fsp3) is 0.867. The van der Waals surface area contributed by atoms with Crippen LogP contribution < -0.4 is 0 Å². The van der Waals surface area contributed by atoms with Crippen molar-refractivity contribution in [1.82, 2.24) is 0 Å². The van der Waals surface area contributed by atoms with Crippen molar-refractivity contribution in [2.24, 2.45) is 11.8 Å². The maximum absolute atomic E-state index is 13.0. The van der Waals surface area contributed by atoms with Crippen LogP contribution in [-0.4, -0.2) is 18.7 Å². The number of halogens is 5. The van der Waals surface area contributed by atoms with Crippen LogP contribution in [0.25, 0.3) is 0 Å². The molecule has 0 heterocycles. The fourth-order valence-corrected chi connectivity index (χ4v) is 2.63. The van der Waals surface area contributed by atoms with Crippen molar-refractivity contribution in [2.45, 2.75) is 64.0 Å². The van der Waals surface area contributed by atoms with Crippen LogP contribution >= 0.6 is 0 Å². The number of rotatable bonds is 7. The topological polar surface area (TPSA) is 9.23 Å². The van der Waals surface area contributed by atoms with Crippen molar-refractivity contribution in [3.05, 3.63) is 12.3 Å². The lowest BCUT2D eigenvalue weighted by Crippen LogP contribution is -2.38. The van der Waals surface area contributed by atoms with E-state index in [-0.39, 0.29) is 5.92 Å². The number of ether oxygens (including phenoxy) is 1. The predicted molar refractivity (Wildman–Crippen MR) is 71.1 cm³/mol. The molecule has 0 spiro atoms. The molecule has 0 N–H and O–H groups in total. The Bertz CT molecular complexity index is 329. The summed E-state index contributed by atoms with van der Waals surface area (Å²) in [6.07, 6.45) is -2.74. The van der Waals surface area contributed by atoms with Crippen LogP contribution in [0.2, 0.25) is 0 Å². The molecule has 1 rings (SSSR count). The van der Waals surface area contributed by atoms with Crippen LogP contribution in [0, 0.1) is 11.8 Å². The first-order valence-corrected chi connectivity index (χ1v) is 7.43. The predicted octanol–water partition coefficient (Wildman–Crippen LogP) is 5.71. The van der Waals surface area contributed by atoms with Crippen LogP contribution in [0.15, 0.2) is 12.3 Å². The molecule has 21 heavy (non-hydrogen) atoms. The number of allylic oxidation sites excluding steroid dienone is 1. The van der Waals surface area contributed by atoms with Gasteiger partial charge >= 0.3 is 12.1 Å². The highest BCUT2D eigenvalue weighted by Gasteiger charge is 2.57. The van der Waals surface area contributed by atoms with E-state index in [9.17, 15) is 22.0 Å². The van der Waals surface area contributed by atoms with Gasteiger partial charge in [-0.05, 0) is 38.0 Å². The molecular weight excluding hydrogens is 291 g/mol. The second-order valence-electron chi connectivity index (χ2n) is 5.79. The van der Waals surface area contributed by atoms with E-state index < -0.39 is 24.4 Å². The molecule has 1 aliphatic rings. The Morgan fingerprint density at radius 2 is 1.67 bits per heavy atom. The van der Waals surface area contributed by atoms with Crippen molar-refractivity contribution < 1.29 is 26.7 Å². The van der Waals surface area contributed by atoms with Gasteiger partial charge in [-0.15, -0.1) is 0 Å². The molecule has 0 bridgehead atoms. The Kier molecular flexibility index (Phi) is 6.47. The molecule has 0 atom stereocenters. The van der Waals surface area contributed by atoms with E-state index in [1.54, 1.807) is 0 Å². The number of alkyl halides is 5. The van der Waals surface area contributed by atoms with Gasteiger partial charge in [0.15, 0.2) is 0 Å². The van der Waals surface area contributed by atoms with Gasteiger partial charge in [0.05, 0.1) is 12.4 Å².